The highest BCUT2D eigenvalue weighted by atomic mass is 19.1. The van der Waals surface area contributed by atoms with Crippen molar-refractivity contribution in [2.75, 3.05) is 12.4 Å². The smallest absolute Gasteiger partial charge is 0.231 e. The highest BCUT2D eigenvalue weighted by Gasteiger charge is 2.43. The second-order valence-corrected chi connectivity index (χ2v) is 6.82. The van der Waals surface area contributed by atoms with E-state index in [4.69, 9.17) is 4.74 Å². The molecule has 1 N–H and O–H groups in total. The van der Waals surface area contributed by atoms with E-state index in [1.54, 1.807) is 19.5 Å². The van der Waals surface area contributed by atoms with E-state index in [0.717, 1.165) is 34.3 Å². The van der Waals surface area contributed by atoms with E-state index >= 15 is 0 Å². The number of carbonyl (C=O) groups excluding carboxylic acids is 1. The lowest BCUT2D eigenvalue weighted by Crippen LogP contribution is -2.15. The van der Waals surface area contributed by atoms with E-state index in [9.17, 15) is 9.18 Å². The molecule has 0 aliphatic heterocycles. The van der Waals surface area contributed by atoms with E-state index in [0.29, 0.717) is 18.1 Å². The minimum absolute atomic E-state index is 0.296. The third-order valence-electron chi connectivity index (χ3n) is 4.86. The number of rotatable bonds is 5. The molecule has 140 valence electrons. The van der Waals surface area contributed by atoms with Crippen molar-refractivity contribution in [2.45, 2.75) is 33.0 Å². The Kier molecular flexibility index (Phi) is 4.30. The summed E-state index contributed by atoms with van der Waals surface area (Å²) in [5.41, 5.74) is 3.86. The van der Waals surface area contributed by atoms with E-state index in [-0.39, 0.29) is 5.91 Å². The van der Waals surface area contributed by atoms with Crippen LogP contribution in [0.2, 0.25) is 0 Å². The summed E-state index contributed by atoms with van der Waals surface area (Å²) in [6.45, 7) is 4.79. The van der Waals surface area contributed by atoms with Crippen LogP contribution in [0, 0.1) is 12.8 Å². The van der Waals surface area contributed by atoms with Gasteiger partial charge in [0.05, 0.1) is 36.0 Å². The van der Waals surface area contributed by atoms with Crippen LogP contribution >= 0.6 is 0 Å². The Morgan fingerprint density at radius 2 is 2.11 bits per heavy atom. The summed E-state index contributed by atoms with van der Waals surface area (Å²) in [6.07, 6.45) is 2.77. The second-order valence-electron chi connectivity index (χ2n) is 6.82. The highest BCUT2D eigenvalue weighted by molar-refractivity contribution is 5.96. The first-order valence-corrected chi connectivity index (χ1v) is 8.97. The molecule has 1 saturated carbocycles. The Balaban J connectivity index is 1.76. The molecular formula is C20H21FN4O2. The number of anilines is 1. The fraction of sp³-hybridized carbons (Fsp3) is 0.350. The van der Waals surface area contributed by atoms with Crippen molar-refractivity contribution in [3.63, 3.8) is 0 Å². The maximum atomic E-state index is 13.1. The van der Waals surface area contributed by atoms with Gasteiger partial charge < -0.3 is 14.6 Å². The van der Waals surface area contributed by atoms with Crippen LogP contribution in [0.3, 0.4) is 0 Å². The zero-order valence-corrected chi connectivity index (χ0v) is 15.5. The minimum atomic E-state index is -1.03. The molecule has 0 radical (unpaired) electrons. The number of ether oxygens (including phenoxy) is 1. The summed E-state index contributed by atoms with van der Waals surface area (Å²) in [5, 5.41) is 3.65. The first-order valence-electron chi connectivity index (χ1n) is 8.97. The second kappa shape index (κ2) is 6.64. The number of hydrogen-bond donors (Lipinski definition) is 1. The van der Waals surface area contributed by atoms with Crippen LogP contribution in [0.15, 0.2) is 30.6 Å². The van der Waals surface area contributed by atoms with E-state index < -0.39 is 12.1 Å². The van der Waals surface area contributed by atoms with Gasteiger partial charge in [0.25, 0.3) is 0 Å². The first kappa shape index (κ1) is 17.5. The van der Waals surface area contributed by atoms with Crippen LogP contribution in [-0.2, 0) is 11.3 Å². The van der Waals surface area contributed by atoms with Gasteiger partial charge in [-0.2, -0.15) is 0 Å². The number of halogens is 1. The number of carbonyl (C=O) groups is 1. The SMILES string of the molecule is CCn1c(-c2cc(C)cnc2OC)cc2cc(NC(=O)[C@@H]3C[C@@H]3F)ncc21. The first-order chi connectivity index (χ1) is 13.0. The molecule has 1 aliphatic carbocycles. The predicted octanol–water partition coefficient (Wildman–Crippen LogP) is 3.73. The summed E-state index contributed by atoms with van der Waals surface area (Å²) in [5.74, 6) is 0.137. The molecule has 0 saturated heterocycles. The highest BCUT2D eigenvalue weighted by Crippen LogP contribution is 2.36. The lowest BCUT2D eigenvalue weighted by molar-refractivity contribution is -0.117. The number of hydrogen-bond acceptors (Lipinski definition) is 4. The molecule has 1 amide bonds. The molecule has 3 aromatic heterocycles. The molecule has 4 rings (SSSR count). The molecule has 27 heavy (non-hydrogen) atoms. The van der Waals surface area contributed by atoms with Crippen LogP contribution in [0.1, 0.15) is 18.9 Å². The molecule has 0 unspecified atom stereocenters. The molecule has 7 heteroatoms. The van der Waals surface area contributed by atoms with E-state index in [1.165, 1.54) is 0 Å². The number of pyridine rings is 2. The van der Waals surface area contributed by atoms with Crippen molar-refractivity contribution in [2.24, 2.45) is 5.92 Å². The Bertz CT molecular complexity index is 1030. The van der Waals surface area contributed by atoms with Gasteiger partial charge in [-0.05, 0) is 44.0 Å². The Morgan fingerprint density at radius 3 is 2.78 bits per heavy atom. The van der Waals surface area contributed by atoms with Gasteiger partial charge in [0.1, 0.15) is 12.0 Å². The van der Waals surface area contributed by atoms with Crippen molar-refractivity contribution in [1.29, 1.82) is 0 Å². The van der Waals surface area contributed by atoms with Gasteiger partial charge >= 0.3 is 0 Å². The van der Waals surface area contributed by atoms with Gasteiger partial charge in [0, 0.05) is 18.1 Å². The molecular weight excluding hydrogens is 347 g/mol. The molecule has 1 aliphatic rings. The number of amides is 1. The average Bonchev–Trinajstić information content (AvgIpc) is 3.28. The van der Waals surface area contributed by atoms with Gasteiger partial charge in [-0.25, -0.2) is 14.4 Å². The Labute approximate surface area is 156 Å². The Hall–Kier alpha value is -2.96. The average molecular weight is 368 g/mol. The van der Waals surface area contributed by atoms with Crippen LogP contribution in [-0.4, -0.2) is 33.7 Å². The molecule has 6 nitrogen and oxygen atoms in total. The fourth-order valence-corrected chi connectivity index (χ4v) is 3.35. The van der Waals surface area contributed by atoms with Crippen molar-refractivity contribution in [3.8, 4) is 17.1 Å². The Morgan fingerprint density at radius 1 is 1.33 bits per heavy atom. The van der Waals surface area contributed by atoms with Crippen molar-refractivity contribution < 1.29 is 13.9 Å². The maximum absolute atomic E-state index is 13.1. The summed E-state index contributed by atoms with van der Waals surface area (Å²) in [4.78, 5) is 20.7. The van der Waals surface area contributed by atoms with Gasteiger partial charge in [0.15, 0.2) is 0 Å². The van der Waals surface area contributed by atoms with Gasteiger partial charge in [-0.3, -0.25) is 4.79 Å². The van der Waals surface area contributed by atoms with Crippen molar-refractivity contribution in [1.82, 2.24) is 14.5 Å². The summed E-state index contributed by atoms with van der Waals surface area (Å²) < 4.78 is 20.6. The summed E-state index contributed by atoms with van der Waals surface area (Å²) >= 11 is 0. The van der Waals surface area contributed by atoms with Crippen LogP contribution in [0.25, 0.3) is 22.2 Å². The third-order valence-corrected chi connectivity index (χ3v) is 4.86. The minimum Gasteiger partial charge on any atom is -0.481 e. The molecule has 1 fully saturated rings. The number of aromatic nitrogens is 3. The largest absolute Gasteiger partial charge is 0.481 e. The maximum Gasteiger partial charge on any atom is 0.231 e. The summed E-state index contributed by atoms with van der Waals surface area (Å²) in [7, 11) is 1.60. The van der Waals surface area contributed by atoms with E-state index in [1.807, 2.05) is 25.1 Å². The molecule has 2 atom stereocenters. The standard InChI is InChI=1S/C20H21FN4O2/c1-4-25-16(14-5-11(2)9-23-20(14)27-3)6-12-7-18(22-10-17(12)25)24-19(26)13-8-15(13)21/h5-7,9-10,13,15H,4,8H2,1-3H3,(H,22,24,26)/t13-,15+/m1/s1. The number of nitrogens with zero attached hydrogens (tertiary/aromatic N) is 3. The third kappa shape index (κ3) is 3.13. The van der Waals surface area contributed by atoms with Crippen molar-refractivity contribution in [3.05, 3.63) is 36.2 Å². The molecule has 0 spiro atoms. The number of aryl methyl sites for hydroxylation is 2. The number of methoxy groups -OCH3 is 1. The van der Waals surface area contributed by atoms with Gasteiger partial charge in [-0.15, -0.1) is 0 Å². The normalized spacial score (nSPS) is 18.5. The van der Waals surface area contributed by atoms with Gasteiger partial charge in [-0.1, -0.05) is 0 Å². The summed E-state index contributed by atoms with van der Waals surface area (Å²) in [6, 6.07) is 5.88. The van der Waals surface area contributed by atoms with Crippen LogP contribution in [0.5, 0.6) is 5.88 Å². The van der Waals surface area contributed by atoms with Crippen LogP contribution in [0.4, 0.5) is 10.2 Å². The zero-order chi connectivity index (χ0) is 19.1. The number of fused-ring (bicyclic) bond motifs is 1. The fourth-order valence-electron chi connectivity index (χ4n) is 3.35. The van der Waals surface area contributed by atoms with E-state index in [2.05, 4.69) is 26.8 Å². The predicted molar refractivity (Wildman–Crippen MR) is 102 cm³/mol. The monoisotopic (exact) mass is 368 g/mol. The molecule has 3 aromatic rings. The van der Waals surface area contributed by atoms with Crippen molar-refractivity contribution >= 4 is 22.6 Å². The van der Waals surface area contributed by atoms with Crippen LogP contribution < -0.4 is 10.1 Å². The number of alkyl halides is 1. The lowest BCUT2D eigenvalue weighted by atomic mass is 10.1. The van der Waals surface area contributed by atoms with Gasteiger partial charge in [0.2, 0.25) is 11.8 Å². The topological polar surface area (TPSA) is 69.0 Å². The molecule has 0 aromatic carbocycles. The molecule has 3 heterocycles. The zero-order valence-electron chi connectivity index (χ0n) is 15.5. The lowest BCUT2D eigenvalue weighted by Gasteiger charge is -2.11. The molecule has 0 bridgehead atoms. The number of nitrogens with one attached hydrogen (secondary N) is 1. The quantitative estimate of drug-likeness (QED) is 0.745.